The summed E-state index contributed by atoms with van der Waals surface area (Å²) in [5.41, 5.74) is 6.66. The van der Waals surface area contributed by atoms with Crippen molar-refractivity contribution in [1.29, 1.82) is 0 Å². The summed E-state index contributed by atoms with van der Waals surface area (Å²) < 4.78 is 11.6. The van der Waals surface area contributed by atoms with E-state index in [9.17, 15) is 14.4 Å². The number of barbiturate groups is 1. The molecule has 8 nitrogen and oxygen atoms in total. The molecule has 3 aliphatic heterocycles. The monoisotopic (exact) mass is 641 g/mol. The van der Waals surface area contributed by atoms with E-state index in [1.165, 1.54) is 22.9 Å². The smallest absolute Gasteiger partial charge is 0.335 e. The zero-order chi connectivity index (χ0) is 33.2. The molecular weight excluding hydrogens is 602 g/mol. The predicted molar refractivity (Wildman–Crippen MR) is 187 cm³/mol. The number of anilines is 2. The molecule has 3 heterocycles. The fourth-order valence-electron chi connectivity index (χ4n) is 7.24. The van der Waals surface area contributed by atoms with Crippen molar-refractivity contribution in [3.8, 4) is 11.5 Å². The molecule has 8 heteroatoms. The third kappa shape index (κ3) is 5.83. The van der Waals surface area contributed by atoms with Crippen LogP contribution in [0.1, 0.15) is 72.8 Å². The van der Waals surface area contributed by atoms with Crippen LogP contribution in [-0.4, -0.2) is 44.1 Å². The Hall–Kier alpha value is -5.37. The van der Waals surface area contributed by atoms with E-state index in [2.05, 4.69) is 58.7 Å². The minimum absolute atomic E-state index is 0.0932. The lowest BCUT2D eigenvalue weighted by Gasteiger charge is -2.44. The lowest BCUT2D eigenvalue weighted by atomic mass is 9.76. The molecule has 0 spiro atoms. The Labute approximate surface area is 281 Å². The molecule has 7 rings (SSSR count). The van der Waals surface area contributed by atoms with Gasteiger partial charge in [-0.2, -0.15) is 0 Å². The van der Waals surface area contributed by atoms with E-state index >= 15 is 0 Å². The van der Waals surface area contributed by atoms with Crippen molar-refractivity contribution in [2.75, 3.05) is 36.1 Å². The molecule has 0 aromatic heterocycles. The number of benzene rings is 4. The lowest BCUT2D eigenvalue weighted by molar-refractivity contribution is -0.122. The first-order chi connectivity index (χ1) is 23.5. The average molecular weight is 642 g/mol. The number of carbonyl (C=O) groups is 3. The Morgan fingerprint density at radius 3 is 1.98 bits per heavy atom. The number of imide groups is 2. The van der Waals surface area contributed by atoms with Gasteiger partial charge in [-0.15, -0.1) is 0 Å². The molecule has 4 aromatic carbocycles. The Morgan fingerprint density at radius 2 is 1.40 bits per heavy atom. The molecule has 1 fully saturated rings. The van der Waals surface area contributed by atoms with Crippen molar-refractivity contribution in [3.63, 3.8) is 0 Å². The van der Waals surface area contributed by atoms with Gasteiger partial charge in [0.25, 0.3) is 11.8 Å². The topological polar surface area (TPSA) is 88.2 Å². The van der Waals surface area contributed by atoms with E-state index in [0.717, 1.165) is 48.4 Å². The van der Waals surface area contributed by atoms with Crippen LogP contribution in [0.25, 0.3) is 6.08 Å². The highest BCUT2D eigenvalue weighted by atomic mass is 16.5. The maximum atomic E-state index is 14.2. The number of amides is 4. The normalized spacial score (nSPS) is 19.6. The van der Waals surface area contributed by atoms with Gasteiger partial charge >= 0.3 is 6.03 Å². The molecule has 3 aliphatic rings. The molecule has 0 aliphatic carbocycles. The van der Waals surface area contributed by atoms with Gasteiger partial charge in [0, 0.05) is 30.6 Å². The van der Waals surface area contributed by atoms with Gasteiger partial charge in [0.1, 0.15) is 5.57 Å². The summed E-state index contributed by atoms with van der Waals surface area (Å²) in [6, 6.07) is 29.3. The fourth-order valence-corrected chi connectivity index (χ4v) is 7.24. The number of nitrogens with one attached hydrogen (secondary N) is 1. The third-order valence-corrected chi connectivity index (χ3v) is 9.40. The Balaban J connectivity index is 1.33. The first-order valence-corrected chi connectivity index (χ1v) is 16.8. The summed E-state index contributed by atoms with van der Waals surface area (Å²) in [7, 11) is 0. The van der Waals surface area contributed by atoms with Crippen LogP contribution in [0.2, 0.25) is 0 Å². The summed E-state index contributed by atoms with van der Waals surface area (Å²) >= 11 is 0. The summed E-state index contributed by atoms with van der Waals surface area (Å²) in [5, 5.41) is 2.43. The molecule has 0 radical (unpaired) electrons. The van der Waals surface area contributed by atoms with Gasteiger partial charge in [0.15, 0.2) is 11.5 Å². The minimum Gasteiger partial charge on any atom is -0.490 e. The van der Waals surface area contributed by atoms with Gasteiger partial charge in [0.2, 0.25) is 0 Å². The molecule has 4 aromatic rings. The number of nitrogens with zero attached hydrogens (tertiary/aromatic N) is 2. The maximum Gasteiger partial charge on any atom is 0.335 e. The van der Waals surface area contributed by atoms with Gasteiger partial charge in [-0.25, -0.2) is 9.69 Å². The van der Waals surface area contributed by atoms with Crippen molar-refractivity contribution in [3.05, 3.63) is 124 Å². The van der Waals surface area contributed by atoms with E-state index in [-0.39, 0.29) is 17.4 Å². The number of hydrogen-bond acceptors (Lipinski definition) is 6. The van der Waals surface area contributed by atoms with Gasteiger partial charge in [0.05, 0.1) is 18.9 Å². The van der Waals surface area contributed by atoms with Crippen LogP contribution >= 0.6 is 0 Å². The second-order valence-electron chi connectivity index (χ2n) is 12.4. The maximum absolute atomic E-state index is 14.2. The fraction of sp³-hybridized carbons (Fsp3) is 0.275. The molecule has 0 unspecified atom stereocenters. The summed E-state index contributed by atoms with van der Waals surface area (Å²) in [6.45, 7) is 6.72. The molecule has 1 saturated heterocycles. The Morgan fingerprint density at radius 1 is 0.771 bits per heavy atom. The van der Waals surface area contributed by atoms with Crippen LogP contribution in [0.15, 0.2) is 96.6 Å². The van der Waals surface area contributed by atoms with Gasteiger partial charge < -0.3 is 14.4 Å². The quantitative estimate of drug-likeness (QED) is 0.151. The zero-order valence-corrected chi connectivity index (χ0v) is 27.3. The van der Waals surface area contributed by atoms with Crippen LogP contribution < -0.4 is 24.6 Å². The highest BCUT2D eigenvalue weighted by Gasteiger charge is 2.40. The Kier molecular flexibility index (Phi) is 8.72. The minimum atomic E-state index is -0.761. The second-order valence-corrected chi connectivity index (χ2v) is 12.4. The van der Waals surface area contributed by atoms with Crippen LogP contribution in [-0.2, 0) is 9.59 Å². The average Bonchev–Trinajstić information content (AvgIpc) is 3.11. The number of hydrogen-bond donors (Lipinski definition) is 1. The van der Waals surface area contributed by atoms with Crippen molar-refractivity contribution < 1.29 is 23.9 Å². The van der Waals surface area contributed by atoms with E-state index in [0.29, 0.717) is 36.0 Å². The zero-order valence-electron chi connectivity index (χ0n) is 27.3. The third-order valence-electron chi connectivity index (χ3n) is 9.40. The van der Waals surface area contributed by atoms with Crippen LogP contribution in [0.5, 0.6) is 11.5 Å². The molecule has 48 heavy (non-hydrogen) atoms. The number of rotatable bonds is 9. The van der Waals surface area contributed by atoms with E-state index in [1.807, 2.05) is 38.1 Å². The van der Waals surface area contributed by atoms with Crippen molar-refractivity contribution in [2.24, 2.45) is 0 Å². The number of urea groups is 1. The van der Waals surface area contributed by atoms with Crippen LogP contribution in [0.4, 0.5) is 16.2 Å². The molecule has 0 bridgehead atoms. The molecule has 1 N–H and O–H groups in total. The van der Waals surface area contributed by atoms with Gasteiger partial charge in [-0.05, 0) is 84.3 Å². The summed E-state index contributed by atoms with van der Waals surface area (Å²) in [4.78, 5) is 44.5. The van der Waals surface area contributed by atoms with Crippen LogP contribution in [0.3, 0.4) is 0 Å². The predicted octanol–water partition coefficient (Wildman–Crippen LogP) is 7.42. The number of carbonyl (C=O) groups excluding carboxylic acids is 3. The van der Waals surface area contributed by atoms with E-state index in [4.69, 9.17) is 9.47 Å². The lowest BCUT2D eigenvalue weighted by Crippen LogP contribution is -2.54. The van der Waals surface area contributed by atoms with E-state index < -0.39 is 17.8 Å². The Bertz CT molecular complexity index is 1820. The van der Waals surface area contributed by atoms with E-state index in [1.54, 1.807) is 18.2 Å². The molecule has 244 valence electrons. The summed E-state index contributed by atoms with van der Waals surface area (Å²) in [5.74, 6) is -0.105. The number of ether oxygens (including phenoxy) is 2. The van der Waals surface area contributed by atoms with Gasteiger partial charge in [-0.3, -0.25) is 14.9 Å². The van der Waals surface area contributed by atoms with Crippen molar-refractivity contribution >= 4 is 35.3 Å². The first-order valence-electron chi connectivity index (χ1n) is 16.8. The highest BCUT2D eigenvalue weighted by molar-refractivity contribution is 6.39. The highest BCUT2D eigenvalue weighted by Crippen LogP contribution is 2.50. The van der Waals surface area contributed by atoms with Crippen molar-refractivity contribution in [1.82, 2.24) is 5.32 Å². The molecule has 2 atom stereocenters. The molecule has 4 amide bonds. The summed E-state index contributed by atoms with van der Waals surface area (Å²) in [6.07, 6.45) is 4.18. The standard InChI is InChI=1S/C40H39N3O5/c1-3-21-48-35-16-15-26(23-36(35)47-4-2)22-34-38(44)41-40(46)43(39(34)45)29-24-32-30(27-11-7-5-8-12-27)17-19-42-20-18-31(33(25-29)37(32)42)28-13-9-6-10-14-28/h5-16,22-25,30-31H,3-4,17-21H2,1-2H3,(H,41,44,46)/b34-22+/t30-,31-/m1/s1. The SMILES string of the molecule is CCCOc1ccc(/C=C2\C(=O)NC(=O)N(c3cc4c5c(c3)[C@@H](c3ccccc3)CCN5CC[C@@H]4c3ccccc3)C2=O)cc1OCC. The largest absolute Gasteiger partial charge is 0.490 e. The van der Waals surface area contributed by atoms with Gasteiger partial charge in [-0.1, -0.05) is 73.7 Å². The molecular formula is C40H39N3O5. The van der Waals surface area contributed by atoms with Crippen LogP contribution in [0, 0.1) is 0 Å². The molecule has 0 saturated carbocycles. The second kappa shape index (κ2) is 13.4. The van der Waals surface area contributed by atoms with Crippen molar-refractivity contribution in [2.45, 2.75) is 44.9 Å². The first kappa shape index (κ1) is 31.2.